The van der Waals surface area contributed by atoms with E-state index in [1.165, 1.54) is 103 Å². The fourth-order valence-electron chi connectivity index (χ4n) is 9.91. The zero-order valence-corrected chi connectivity index (χ0v) is 64.1. The molecule has 17 nitrogen and oxygen atoms in total. The van der Waals surface area contributed by atoms with Crippen LogP contribution in [-0.4, -0.2) is 96.7 Å². The lowest BCUT2D eigenvalue weighted by atomic mass is 10.0. The third kappa shape index (κ3) is 71.6. The second kappa shape index (κ2) is 72.5. The van der Waals surface area contributed by atoms with Gasteiger partial charge in [-0.05, 0) is 89.9 Å². The highest BCUT2D eigenvalue weighted by atomic mass is 31.2. The van der Waals surface area contributed by atoms with E-state index in [2.05, 4.69) is 119 Å². The number of unbranched alkanes of at least 4 members (excludes halogenated alkanes) is 24. The van der Waals surface area contributed by atoms with Gasteiger partial charge in [-0.1, -0.05) is 315 Å². The molecule has 0 aliphatic carbocycles. The number of allylic oxidation sites excluding steroid dienone is 21. The Morgan fingerprint density at radius 3 is 0.870 bits per heavy atom. The Kier molecular flexibility index (Phi) is 69.1. The average Bonchev–Trinajstić information content (AvgIpc) is 0.953. The molecule has 0 aromatic rings. The maximum Gasteiger partial charge on any atom is 0.472 e. The third-order valence-corrected chi connectivity index (χ3v) is 17.6. The summed E-state index contributed by atoms with van der Waals surface area (Å²) in [7, 11) is -9.99. The Labute approximate surface area is 605 Å². The zero-order valence-electron chi connectivity index (χ0n) is 62.3. The van der Waals surface area contributed by atoms with Crippen LogP contribution in [0.2, 0.25) is 0 Å². The van der Waals surface area contributed by atoms with Gasteiger partial charge >= 0.3 is 39.5 Å². The van der Waals surface area contributed by atoms with Gasteiger partial charge in [-0.3, -0.25) is 37.3 Å². The molecule has 0 bridgehead atoms. The number of carbonyl (C=O) groups is 4. The summed E-state index contributed by atoms with van der Waals surface area (Å²) < 4.78 is 68.2. The standard InChI is InChI=1S/C81H136O17P2/c1-5-9-13-17-21-25-29-32-35-36-37-38-41-43-47-50-54-58-62-66-79(84)91-71-76(97-80(85)67-63-59-55-51-45-28-24-20-16-12-8-4)73-95-99(87,88)93-69-75(82)70-94-100(89,90)96-74-77(98-81(86)68-64-60-56-52-48-44-40-34-31-27-23-19-15-11-7-3)72-92-78(83)65-61-57-53-49-46-42-39-33-30-26-22-18-14-10-6-2/h9-10,13-14,21-22,25-26,32-33,35,37-39,43,46-47,49,54,57-58,61,75-77,82H,5-8,11-12,15-20,23-24,27-31,34,36,40-42,44-45,48,50-53,55-56,59-60,62-74H2,1-4H3,(H,87,88)(H,89,90)/b13-9-,14-10-,25-21-,26-22-,35-32-,38-37-,39-33-,47-43-,49-46-,58-54-,61-57-. The van der Waals surface area contributed by atoms with Crippen molar-refractivity contribution in [3.05, 3.63) is 134 Å². The molecule has 0 amide bonds. The van der Waals surface area contributed by atoms with E-state index in [0.29, 0.717) is 32.1 Å². The van der Waals surface area contributed by atoms with Crippen LogP contribution in [0.1, 0.15) is 297 Å². The van der Waals surface area contributed by atoms with Crippen molar-refractivity contribution in [3.63, 3.8) is 0 Å². The quantitative estimate of drug-likeness (QED) is 0.0169. The molecule has 0 aliphatic heterocycles. The molecule has 19 heteroatoms. The lowest BCUT2D eigenvalue weighted by molar-refractivity contribution is -0.161. The number of ether oxygens (including phenoxy) is 4. The van der Waals surface area contributed by atoms with Crippen LogP contribution in [-0.2, 0) is 65.4 Å². The normalized spacial score (nSPS) is 14.7. The smallest absolute Gasteiger partial charge is 0.462 e. The molecule has 5 unspecified atom stereocenters. The fourth-order valence-corrected chi connectivity index (χ4v) is 11.5. The molecule has 0 aromatic heterocycles. The summed E-state index contributed by atoms with van der Waals surface area (Å²) in [5.41, 5.74) is 0. The summed E-state index contributed by atoms with van der Waals surface area (Å²) >= 11 is 0. The number of phosphoric acid groups is 2. The number of hydrogen-bond acceptors (Lipinski definition) is 15. The SMILES string of the molecule is CC/C=C\C/C=C\C/C=C\C/C=C\C/C=C\C/C=C\CCC(=O)OCC(COP(=O)(O)OCC(O)COP(=O)(O)OCC(COC(=O)C/C=C\C/C=C\C/C=C\C/C=C\C/C=C\CC)OC(=O)CCCCCCCCCCCCCCCCC)OC(=O)CCCCCCCCCCCCC. The van der Waals surface area contributed by atoms with Gasteiger partial charge in [-0.15, -0.1) is 0 Å². The summed E-state index contributed by atoms with van der Waals surface area (Å²) in [6, 6.07) is 0. The van der Waals surface area contributed by atoms with E-state index < -0.39 is 97.5 Å². The molecule has 5 atom stereocenters. The minimum Gasteiger partial charge on any atom is -0.462 e. The average molecular weight is 1440 g/mol. The van der Waals surface area contributed by atoms with Gasteiger partial charge in [0.1, 0.15) is 19.3 Å². The summed E-state index contributed by atoms with van der Waals surface area (Å²) in [5.74, 6) is -2.42. The van der Waals surface area contributed by atoms with Gasteiger partial charge < -0.3 is 33.8 Å². The lowest BCUT2D eigenvalue weighted by Crippen LogP contribution is -2.30. The van der Waals surface area contributed by atoms with Gasteiger partial charge in [0.2, 0.25) is 0 Å². The Morgan fingerprint density at radius 2 is 0.560 bits per heavy atom. The maximum atomic E-state index is 13.1. The highest BCUT2D eigenvalue weighted by molar-refractivity contribution is 7.47. The molecule has 572 valence electrons. The lowest BCUT2D eigenvalue weighted by Gasteiger charge is -2.21. The van der Waals surface area contributed by atoms with Crippen molar-refractivity contribution in [2.24, 2.45) is 0 Å². The van der Waals surface area contributed by atoms with Gasteiger partial charge in [-0.25, -0.2) is 9.13 Å². The first-order valence-electron chi connectivity index (χ1n) is 38.4. The van der Waals surface area contributed by atoms with Gasteiger partial charge in [0.05, 0.1) is 32.8 Å². The van der Waals surface area contributed by atoms with Crippen molar-refractivity contribution < 1.29 is 80.2 Å². The van der Waals surface area contributed by atoms with E-state index in [0.717, 1.165) is 109 Å². The van der Waals surface area contributed by atoms with E-state index in [-0.39, 0.29) is 25.7 Å². The Morgan fingerprint density at radius 1 is 0.300 bits per heavy atom. The Bertz CT molecular complexity index is 2420. The zero-order chi connectivity index (χ0) is 73.2. The van der Waals surface area contributed by atoms with Crippen LogP contribution in [0.25, 0.3) is 0 Å². The molecule has 0 spiro atoms. The van der Waals surface area contributed by atoms with Gasteiger partial charge in [0.15, 0.2) is 12.2 Å². The number of hydrogen-bond donors (Lipinski definition) is 3. The van der Waals surface area contributed by atoms with Crippen LogP contribution in [0.5, 0.6) is 0 Å². The molecule has 0 radical (unpaired) electrons. The third-order valence-electron chi connectivity index (χ3n) is 15.7. The van der Waals surface area contributed by atoms with Crippen LogP contribution < -0.4 is 0 Å². The number of aliphatic hydroxyl groups is 1. The summed E-state index contributed by atoms with van der Waals surface area (Å²) in [4.78, 5) is 72.7. The number of rotatable bonds is 71. The van der Waals surface area contributed by atoms with E-state index in [9.17, 15) is 43.2 Å². The van der Waals surface area contributed by atoms with Gasteiger partial charge in [0.25, 0.3) is 0 Å². The van der Waals surface area contributed by atoms with Crippen LogP contribution in [0.15, 0.2) is 134 Å². The molecule has 3 N–H and O–H groups in total. The van der Waals surface area contributed by atoms with Crippen molar-refractivity contribution in [2.45, 2.75) is 316 Å². The number of phosphoric ester groups is 2. The molecular formula is C81H136O17P2. The molecule has 0 saturated heterocycles. The van der Waals surface area contributed by atoms with Crippen LogP contribution in [0, 0.1) is 0 Å². The first-order chi connectivity index (χ1) is 48.7. The van der Waals surface area contributed by atoms with Gasteiger partial charge in [-0.2, -0.15) is 0 Å². The minimum absolute atomic E-state index is 0.0336. The van der Waals surface area contributed by atoms with Crippen molar-refractivity contribution in [1.82, 2.24) is 0 Å². The summed E-state index contributed by atoms with van der Waals surface area (Å²) in [5, 5.41) is 10.6. The molecule has 100 heavy (non-hydrogen) atoms. The summed E-state index contributed by atoms with van der Waals surface area (Å²) in [6.07, 6.45) is 80.6. The molecule has 0 heterocycles. The molecule has 0 fully saturated rings. The first-order valence-corrected chi connectivity index (χ1v) is 41.4. The molecule has 0 aliphatic rings. The second-order valence-electron chi connectivity index (χ2n) is 25.2. The Balaban J connectivity index is 5.43. The number of carbonyl (C=O) groups excluding carboxylic acids is 4. The molecule has 0 rings (SSSR count). The van der Waals surface area contributed by atoms with Crippen LogP contribution in [0.4, 0.5) is 0 Å². The fraction of sp³-hybridized carbons (Fsp3) is 0.679. The number of esters is 4. The van der Waals surface area contributed by atoms with E-state index >= 15 is 0 Å². The Hall–Kier alpha value is -4.80. The molecule has 0 aromatic carbocycles. The minimum atomic E-state index is -5.00. The predicted octanol–water partition coefficient (Wildman–Crippen LogP) is 22.1. The highest BCUT2D eigenvalue weighted by Gasteiger charge is 2.30. The van der Waals surface area contributed by atoms with E-state index in [1.54, 1.807) is 6.08 Å². The van der Waals surface area contributed by atoms with Crippen molar-refractivity contribution in [1.29, 1.82) is 0 Å². The highest BCUT2D eigenvalue weighted by Crippen LogP contribution is 2.45. The molecular weight excluding hydrogens is 1310 g/mol. The van der Waals surface area contributed by atoms with Crippen molar-refractivity contribution in [3.8, 4) is 0 Å². The topological polar surface area (TPSA) is 237 Å². The van der Waals surface area contributed by atoms with Crippen molar-refractivity contribution in [2.75, 3.05) is 39.6 Å². The van der Waals surface area contributed by atoms with Crippen LogP contribution >= 0.6 is 15.6 Å². The van der Waals surface area contributed by atoms with E-state index in [4.69, 9.17) is 37.0 Å². The van der Waals surface area contributed by atoms with Crippen LogP contribution in [0.3, 0.4) is 0 Å². The molecule has 0 saturated carbocycles. The van der Waals surface area contributed by atoms with Crippen molar-refractivity contribution >= 4 is 39.5 Å². The maximum absolute atomic E-state index is 13.1. The van der Waals surface area contributed by atoms with Gasteiger partial charge in [0, 0.05) is 19.3 Å². The van der Waals surface area contributed by atoms with E-state index in [1.807, 2.05) is 36.5 Å². The summed E-state index contributed by atoms with van der Waals surface area (Å²) in [6.45, 7) is 4.45. The first kappa shape index (κ1) is 95.2. The second-order valence-corrected chi connectivity index (χ2v) is 28.1. The number of aliphatic hydroxyl groups excluding tert-OH is 1. The monoisotopic (exact) mass is 1440 g/mol. The predicted molar refractivity (Wildman–Crippen MR) is 408 cm³/mol. The largest absolute Gasteiger partial charge is 0.472 e.